The first-order chi connectivity index (χ1) is 15.7. The van der Waals surface area contributed by atoms with Crippen molar-refractivity contribution < 1.29 is 18.8 Å². The van der Waals surface area contributed by atoms with Crippen molar-refractivity contribution in [3.05, 3.63) is 90.2 Å². The van der Waals surface area contributed by atoms with Gasteiger partial charge in [0.25, 0.3) is 0 Å². The predicted octanol–water partition coefficient (Wildman–Crippen LogP) is 4.12. The van der Waals surface area contributed by atoms with Crippen LogP contribution in [-0.4, -0.2) is 45.9 Å². The number of hydrogen-bond acceptors (Lipinski definition) is 7. The van der Waals surface area contributed by atoms with Gasteiger partial charge in [0.05, 0.1) is 12.8 Å². The average molecular weight is 434 g/mol. The van der Waals surface area contributed by atoms with Gasteiger partial charge in [0.1, 0.15) is 24.2 Å². The van der Waals surface area contributed by atoms with Crippen molar-refractivity contribution in [2.24, 2.45) is 0 Å². The van der Waals surface area contributed by atoms with Crippen molar-refractivity contribution in [3.63, 3.8) is 0 Å². The summed E-state index contributed by atoms with van der Waals surface area (Å²) in [5, 5.41) is 14.6. The lowest BCUT2D eigenvalue weighted by atomic mass is 10.1. The molecule has 1 atom stereocenters. The Morgan fingerprint density at radius 3 is 2.59 bits per heavy atom. The molecule has 1 N–H and O–H groups in total. The van der Waals surface area contributed by atoms with E-state index in [4.69, 9.17) is 13.7 Å². The molecule has 32 heavy (non-hydrogen) atoms. The molecule has 0 radical (unpaired) electrons. The molecule has 0 aliphatic carbocycles. The van der Waals surface area contributed by atoms with Gasteiger partial charge in [-0.25, -0.2) is 0 Å². The van der Waals surface area contributed by atoms with Crippen LogP contribution in [0.4, 0.5) is 0 Å². The summed E-state index contributed by atoms with van der Waals surface area (Å²) < 4.78 is 16.6. The zero-order valence-electron chi connectivity index (χ0n) is 18.1. The van der Waals surface area contributed by atoms with E-state index in [-0.39, 0.29) is 6.61 Å². The second-order valence-corrected chi connectivity index (χ2v) is 7.72. The van der Waals surface area contributed by atoms with Gasteiger partial charge in [-0.1, -0.05) is 53.2 Å². The number of nitrogens with zero attached hydrogens (tertiary/aromatic N) is 3. The van der Waals surface area contributed by atoms with E-state index >= 15 is 0 Å². The van der Waals surface area contributed by atoms with E-state index in [9.17, 15) is 5.11 Å². The van der Waals surface area contributed by atoms with Crippen molar-refractivity contribution in [1.82, 2.24) is 15.0 Å². The molecule has 0 aliphatic heterocycles. The van der Waals surface area contributed by atoms with Crippen LogP contribution >= 0.6 is 0 Å². The molecule has 0 unspecified atom stereocenters. The number of aliphatic hydroxyl groups excluding tert-OH is 1. The second kappa shape index (κ2) is 10.7. The standard InChI is InChI=1S/C25H27N3O4/c1-19-9-11-20(12-10-19)25-26-24(32-27-25)13-14-28(17-23-8-5-15-30-23)16-21(29)18-31-22-6-3-2-4-7-22/h2-12,15,21,29H,13-14,16-18H2,1H3/t21-/m1/s1. The maximum Gasteiger partial charge on any atom is 0.228 e. The summed E-state index contributed by atoms with van der Waals surface area (Å²) in [7, 11) is 0. The zero-order valence-corrected chi connectivity index (χ0v) is 18.1. The number of hydrogen-bond donors (Lipinski definition) is 1. The third kappa shape index (κ3) is 6.29. The normalized spacial score (nSPS) is 12.2. The summed E-state index contributed by atoms with van der Waals surface area (Å²) in [6, 6.07) is 21.3. The van der Waals surface area contributed by atoms with Gasteiger partial charge >= 0.3 is 0 Å². The number of benzene rings is 2. The van der Waals surface area contributed by atoms with Gasteiger partial charge in [-0.3, -0.25) is 4.90 Å². The van der Waals surface area contributed by atoms with E-state index in [1.165, 1.54) is 5.56 Å². The average Bonchev–Trinajstić information content (AvgIpc) is 3.50. The molecule has 0 spiro atoms. The first-order valence-electron chi connectivity index (χ1n) is 10.7. The Balaban J connectivity index is 1.34. The number of aliphatic hydroxyl groups is 1. The van der Waals surface area contributed by atoms with Crippen LogP contribution in [0, 0.1) is 6.92 Å². The molecule has 0 bridgehead atoms. The summed E-state index contributed by atoms with van der Waals surface area (Å²) in [5.41, 5.74) is 2.10. The highest BCUT2D eigenvalue weighted by Gasteiger charge is 2.16. The molecule has 0 fully saturated rings. The largest absolute Gasteiger partial charge is 0.491 e. The van der Waals surface area contributed by atoms with Crippen LogP contribution in [0.2, 0.25) is 0 Å². The van der Waals surface area contributed by atoms with Crippen LogP contribution in [-0.2, 0) is 13.0 Å². The van der Waals surface area contributed by atoms with Crippen LogP contribution in [0.5, 0.6) is 5.75 Å². The lowest BCUT2D eigenvalue weighted by Crippen LogP contribution is -2.36. The van der Waals surface area contributed by atoms with Gasteiger partial charge in [-0.05, 0) is 31.2 Å². The smallest absolute Gasteiger partial charge is 0.228 e. The lowest BCUT2D eigenvalue weighted by molar-refractivity contribution is 0.0629. The third-order valence-corrected chi connectivity index (χ3v) is 5.03. The monoisotopic (exact) mass is 433 g/mol. The summed E-state index contributed by atoms with van der Waals surface area (Å²) in [6.45, 7) is 3.86. The van der Waals surface area contributed by atoms with Gasteiger partial charge in [0, 0.05) is 25.1 Å². The summed E-state index contributed by atoms with van der Waals surface area (Å²) in [6.07, 6.45) is 1.55. The molecule has 0 saturated heterocycles. The van der Waals surface area contributed by atoms with Crippen molar-refractivity contribution in [1.29, 1.82) is 0 Å². The van der Waals surface area contributed by atoms with Crippen LogP contribution in [0.25, 0.3) is 11.4 Å². The van der Waals surface area contributed by atoms with Crippen LogP contribution in [0.15, 0.2) is 81.9 Å². The Kier molecular flexibility index (Phi) is 7.32. The van der Waals surface area contributed by atoms with E-state index < -0.39 is 6.10 Å². The molecule has 0 aliphatic rings. The lowest BCUT2D eigenvalue weighted by Gasteiger charge is -2.23. The molecule has 0 amide bonds. The first-order valence-corrected chi connectivity index (χ1v) is 10.7. The Morgan fingerprint density at radius 2 is 1.84 bits per heavy atom. The minimum Gasteiger partial charge on any atom is -0.491 e. The third-order valence-electron chi connectivity index (χ3n) is 5.03. The fourth-order valence-corrected chi connectivity index (χ4v) is 3.35. The minimum atomic E-state index is -0.657. The number of rotatable bonds is 11. The van der Waals surface area contributed by atoms with Gasteiger partial charge in [0.15, 0.2) is 0 Å². The topological polar surface area (TPSA) is 84.8 Å². The fourth-order valence-electron chi connectivity index (χ4n) is 3.35. The van der Waals surface area contributed by atoms with Crippen molar-refractivity contribution in [3.8, 4) is 17.1 Å². The molecular weight excluding hydrogens is 406 g/mol. The highest BCUT2D eigenvalue weighted by atomic mass is 16.5. The molecule has 4 aromatic rings. The van der Waals surface area contributed by atoms with E-state index in [2.05, 4.69) is 15.0 Å². The summed E-state index contributed by atoms with van der Waals surface area (Å²) in [5.74, 6) is 2.69. The predicted molar refractivity (Wildman–Crippen MR) is 120 cm³/mol. The zero-order chi connectivity index (χ0) is 22.2. The van der Waals surface area contributed by atoms with Crippen molar-refractivity contribution >= 4 is 0 Å². The maximum atomic E-state index is 10.5. The fraction of sp³-hybridized carbons (Fsp3) is 0.280. The SMILES string of the molecule is Cc1ccc(-c2noc(CCN(Cc3ccco3)C[C@@H](O)COc3ccccc3)n2)cc1. The number of para-hydroxylation sites is 1. The Bertz CT molecular complexity index is 1060. The molecule has 4 rings (SSSR count). The molecule has 7 heteroatoms. The molecule has 166 valence electrons. The van der Waals surface area contributed by atoms with Gasteiger partial charge < -0.3 is 18.8 Å². The van der Waals surface area contributed by atoms with Gasteiger partial charge in [0.2, 0.25) is 11.7 Å². The number of ether oxygens (including phenoxy) is 1. The Hall–Kier alpha value is -3.42. The molecule has 7 nitrogen and oxygen atoms in total. The Morgan fingerprint density at radius 1 is 1.03 bits per heavy atom. The highest BCUT2D eigenvalue weighted by Crippen LogP contribution is 2.17. The number of aryl methyl sites for hydroxylation is 1. The number of aromatic nitrogens is 2. The maximum absolute atomic E-state index is 10.5. The first kappa shape index (κ1) is 21.8. The molecule has 0 saturated carbocycles. The Labute approximate surface area is 187 Å². The molecular formula is C25H27N3O4. The number of furan rings is 1. The summed E-state index contributed by atoms with van der Waals surface area (Å²) >= 11 is 0. The molecule has 2 aromatic carbocycles. The minimum absolute atomic E-state index is 0.205. The highest BCUT2D eigenvalue weighted by molar-refractivity contribution is 5.54. The molecule has 2 heterocycles. The quantitative estimate of drug-likeness (QED) is 0.381. The molecule has 2 aromatic heterocycles. The van der Waals surface area contributed by atoms with E-state index in [1.54, 1.807) is 6.26 Å². The summed E-state index contributed by atoms with van der Waals surface area (Å²) in [4.78, 5) is 6.61. The van der Waals surface area contributed by atoms with Gasteiger partial charge in [-0.15, -0.1) is 0 Å². The van der Waals surface area contributed by atoms with E-state index in [0.29, 0.717) is 37.8 Å². The van der Waals surface area contributed by atoms with Crippen molar-refractivity contribution in [2.45, 2.75) is 26.0 Å². The van der Waals surface area contributed by atoms with E-state index in [1.807, 2.05) is 73.7 Å². The van der Waals surface area contributed by atoms with Crippen molar-refractivity contribution in [2.75, 3.05) is 19.7 Å². The van der Waals surface area contributed by atoms with Crippen LogP contribution in [0.3, 0.4) is 0 Å². The van der Waals surface area contributed by atoms with Crippen LogP contribution in [0.1, 0.15) is 17.2 Å². The van der Waals surface area contributed by atoms with Gasteiger partial charge in [-0.2, -0.15) is 4.98 Å². The van der Waals surface area contributed by atoms with Crippen LogP contribution < -0.4 is 4.74 Å². The van der Waals surface area contributed by atoms with E-state index in [0.717, 1.165) is 17.1 Å². The second-order valence-electron chi connectivity index (χ2n) is 7.72.